The third-order valence-electron chi connectivity index (χ3n) is 2.18. The minimum atomic E-state index is 0.640. The molecule has 0 aliphatic carbocycles. The number of hydrogen-bond acceptors (Lipinski definition) is 3. The first kappa shape index (κ1) is 12.4. The standard InChI is InChI=1S/C12H8BrClN2S/c13-10-5-8(6-15)1-3-11(10)16-7-9-2-4-12(14)17-9/h1-5,16H,7H2. The van der Waals surface area contributed by atoms with E-state index in [1.54, 1.807) is 23.5 Å². The van der Waals surface area contributed by atoms with E-state index in [9.17, 15) is 0 Å². The summed E-state index contributed by atoms with van der Waals surface area (Å²) in [5, 5.41) is 12.0. The molecule has 0 atom stereocenters. The fourth-order valence-electron chi connectivity index (χ4n) is 1.36. The fourth-order valence-corrected chi connectivity index (χ4v) is 2.90. The molecule has 0 spiro atoms. The minimum Gasteiger partial charge on any atom is -0.379 e. The molecule has 86 valence electrons. The summed E-state index contributed by atoms with van der Waals surface area (Å²) in [5.41, 5.74) is 1.61. The van der Waals surface area contributed by atoms with E-state index < -0.39 is 0 Å². The molecule has 0 aliphatic rings. The molecule has 1 heterocycles. The molecule has 5 heteroatoms. The quantitative estimate of drug-likeness (QED) is 0.891. The highest BCUT2D eigenvalue weighted by atomic mass is 79.9. The normalized spacial score (nSPS) is 9.94. The SMILES string of the molecule is N#Cc1ccc(NCc2ccc(Cl)s2)c(Br)c1. The molecule has 0 saturated heterocycles. The number of benzene rings is 1. The van der Waals surface area contributed by atoms with Crippen molar-refractivity contribution >= 4 is 44.6 Å². The Kier molecular flexibility index (Phi) is 4.06. The van der Waals surface area contributed by atoms with Crippen LogP contribution in [0, 0.1) is 11.3 Å². The van der Waals surface area contributed by atoms with Gasteiger partial charge >= 0.3 is 0 Å². The zero-order chi connectivity index (χ0) is 12.3. The summed E-state index contributed by atoms with van der Waals surface area (Å²) in [6.07, 6.45) is 0. The molecule has 0 radical (unpaired) electrons. The maximum absolute atomic E-state index is 8.76. The van der Waals surface area contributed by atoms with Gasteiger partial charge in [0.2, 0.25) is 0 Å². The maximum Gasteiger partial charge on any atom is 0.0992 e. The fraction of sp³-hybridized carbons (Fsp3) is 0.0833. The van der Waals surface area contributed by atoms with Crippen molar-refractivity contribution < 1.29 is 0 Å². The average Bonchev–Trinajstić information content (AvgIpc) is 2.73. The Morgan fingerprint density at radius 2 is 2.18 bits per heavy atom. The van der Waals surface area contributed by atoms with Crippen LogP contribution < -0.4 is 5.32 Å². The lowest BCUT2D eigenvalue weighted by Crippen LogP contribution is -1.98. The second-order valence-electron chi connectivity index (χ2n) is 3.37. The van der Waals surface area contributed by atoms with Gasteiger partial charge < -0.3 is 5.32 Å². The van der Waals surface area contributed by atoms with Gasteiger partial charge in [-0.15, -0.1) is 11.3 Å². The highest BCUT2D eigenvalue weighted by molar-refractivity contribution is 9.10. The van der Waals surface area contributed by atoms with Crippen LogP contribution in [0.25, 0.3) is 0 Å². The van der Waals surface area contributed by atoms with E-state index in [4.69, 9.17) is 16.9 Å². The van der Waals surface area contributed by atoms with Gasteiger partial charge in [-0.3, -0.25) is 0 Å². The van der Waals surface area contributed by atoms with Gasteiger partial charge in [0.05, 0.1) is 16.0 Å². The molecule has 1 aromatic heterocycles. The summed E-state index contributed by atoms with van der Waals surface area (Å²) in [6, 6.07) is 11.5. The van der Waals surface area contributed by atoms with Crippen LogP contribution in [-0.4, -0.2) is 0 Å². The van der Waals surface area contributed by atoms with Crippen LogP contribution in [0.4, 0.5) is 5.69 Å². The van der Waals surface area contributed by atoms with E-state index in [0.717, 1.165) is 21.0 Å². The maximum atomic E-state index is 8.76. The van der Waals surface area contributed by atoms with E-state index in [2.05, 4.69) is 27.3 Å². The number of halogens is 2. The summed E-state index contributed by atoms with van der Waals surface area (Å²) in [7, 11) is 0. The van der Waals surface area contributed by atoms with Crippen molar-refractivity contribution in [2.45, 2.75) is 6.54 Å². The Labute approximate surface area is 117 Å². The summed E-state index contributed by atoms with van der Waals surface area (Å²) in [4.78, 5) is 1.17. The van der Waals surface area contributed by atoms with Gasteiger partial charge in [-0.25, -0.2) is 0 Å². The average molecular weight is 328 g/mol. The van der Waals surface area contributed by atoms with Gasteiger partial charge in [-0.1, -0.05) is 11.6 Å². The predicted molar refractivity (Wildman–Crippen MR) is 75.5 cm³/mol. The second kappa shape index (κ2) is 5.54. The summed E-state index contributed by atoms with van der Waals surface area (Å²) in [5.74, 6) is 0. The van der Waals surface area contributed by atoms with E-state index in [1.165, 1.54) is 4.88 Å². The third kappa shape index (κ3) is 3.22. The number of hydrogen-bond donors (Lipinski definition) is 1. The number of nitrogens with one attached hydrogen (secondary N) is 1. The van der Waals surface area contributed by atoms with Crippen molar-refractivity contribution in [3.63, 3.8) is 0 Å². The first-order chi connectivity index (χ1) is 8.19. The number of rotatable bonds is 3. The van der Waals surface area contributed by atoms with Crippen molar-refractivity contribution in [1.29, 1.82) is 5.26 Å². The van der Waals surface area contributed by atoms with Crippen LogP contribution in [-0.2, 0) is 6.54 Å². The van der Waals surface area contributed by atoms with E-state index >= 15 is 0 Å². The van der Waals surface area contributed by atoms with Crippen LogP contribution in [0.5, 0.6) is 0 Å². The van der Waals surface area contributed by atoms with Crippen molar-refractivity contribution in [2.75, 3.05) is 5.32 Å². The zero-order valence-corrected chi connectivity index (χ0v) is 11.9. The van der Waals surface area contributed by atoms with Gasteiger partial charge in [-0.05, 0) is 46.3 Å². The lowest BCUT2D eigenvalue weighted by atomic mass is 10.2. The topological polar surface area (TPSA) is 35.8 Å². The van der Waals surface area contributed by atoms with Gasteiger partial charge in [-0.2, -0.15) is 5.26 Å². The molecule has 0 unspecified atom stereocenters. The van der Waals surface area contributed by atoms with Crippen LogP contribution in [0.3, 0.4) is 0 Å². The summed E-state index contributed by atoms with van der Waals surface area (Å²) < 4.78 is 1.68. The zero-order valence-electron chi connectivity index (χ0n) is 8.71. The largest absolute Gasteiger partial charge is 0.379 e. The molecular formula is C12H8BrClN2S. The molecule has 0 saturated carbocycles. The second-order valence-corrected chi connectivity index (χ2v) is 6.02. The number of nitrogens with zero attached hydrogens (tertiary/aromatic N) is 1. The van der Waals surface area contributed by atoms with Gasteiger partial charge in [0.25, 0.3) is 0 Å². The van der Waals surface area contributed by atoms with Gasteiger partial charge in [0.15, 0.2) is 0 Å². The minimum absolute atomic E-state index is 0.640. The van der Waals surface area contributed by atoms with E-state index in [0.29, 0.717) is 5.56 Å². The van der Waals surface area contributed by atoms with Gasteiger partial charge in [0.1, 0.15) is 0 Å². The Balaban J connectivity index is 2.07. The van der Waals surface area contributed by atoms with Crippen LogP contribution in [0.2, 0.25) is 4.34 Å². The van der Waals surface area contributed by atoms with Crippen molar-refractivity contribution in [1.82, 2.24) is 0 Å². The first-order valence-electron chi connectivity index (χ1n) is 4.87. The monoisotopic (exact) mass is 326 g/mol. The van der Waals surface area contributed by atoms with Crippen molar-refractivity contribution in [3.8, 4) is 6.07 Å². The Hall–Kier alpha value is -1.02. The number of nitriles is 1. The molecule has 17 heavy (non-hydrogen) atoms. The predicted octanol–water partition coefficient (Wildman–Crippen LogP) is 4.65. The molecule has 2 rings (SSSR count). The molecule has 2 nitrogen and oxygen atoms in total. The van der Waals surface area contributed by atoms with Crippen LogP contribution in [0.15, 0.2) is 34.8 Å². The van der Waals surface area contributed by atoms with Gasteiger partial charge in [0, 0.05) is 21.6 Å². The van der Waals surface area contributed by atoms with E-state index in [1.807, 2.05) is 18.2 Å². The molecule has 1 aromatic carbocycles. The highest BCUT2D eigenvalue weighted by Crippen LogP contribution is 2.26. The lowest BCUT2D eigenvalue weighted by molar-refractivity contribution is 1.19. The lowest BCUT2D eigenvalue weighted by Gasteiger charge is -2.07. The number of thiophene rings is 1. The molecule has 0 amide bonds. The van der Waals surface area contributed by atoms with E-state index in [-0.39, 0.29) is 0 Å². The van der Waals surface area contributed by atoms with Crippen LogP contribution in [0.1, 0.15) is 10.4 Å². The molecule has 2 aromatic rings. The first-order valence-corrected chi connectivity index (χ1v) is 6.85. The summed E-state index contributed by atoms with van der Waals surface area (Å²) >= 11 is 10.8. The number of anilines is 1. The Morgan fingerprint density at radius 3 is 2.76 bits per heavy atom. The molecule has 0 bridgehead atoms. The highest BCUT2D eigenvalue weighted by Gasteiger charge is 2.02. The molecule has 0 aliphatic heterocycles. The molecular weight excluding hydrogens is 320 g/mol. The van der Waals surface area contributed by atoms with Crippen molar-refractivity contribution in [3.05, 3.63) is 49.6 Å². The smallest absolute Gasteiger partial charge is 0.0992 e. The van der Waals surface area contributed by atoms with Crippen molar-refractivity contribution in [2.24, 2.45) is 0 Å². The molecule has 0 fully saturated rings. The Bertz CT molecular complexity index is 574. The van der Waals surface area contributed by atoms with Crippen LogP contribution >= 0.6 is 38.9 Å². The molecule has 1 N–H and O–H groups in total. The third-order valence-corrected chi connectivity index (χ3v) is 4.07. The Morgan fingerprint density at radius 1 is 1.35 bits per heavy atom. The summed E-state index contributed by atoms with van der Waals surface area (Å²) in [6.45, 7) is 0.724.